The summed E-state index contributed by atoms with van der Waals surface area (Å²) in [5.41, 5.74) is -0.0304. The van der Waals surface area contributed by atoms with Crippen LogP contribution in [0.1, 0.15) is 23.7 Å². The average Bonchev–Trinajstić information content (AvgIpc) is 2.36. The molecule has 1 rings (SSSR count). The van der Waals surface area contributed by atoms with Gasteiger partial charge in [-0.3, -0.25) is 9.59 Å². The van der Waals surface area contributed by atoms with Crippen molar-refractivity contribution >= 4 is 21.7 Å². The highest BCUT2D eigenvalue weighted by Gasteiger charge is 2.21. The van der Waals surface area contributed by atoms with Crippen molar-refractivity contribution in [1.82, 2.24) is 5.32 Å². The number of carboxylic acids is 1. The molecule has 1 amide bonds. The molecule has 0 unspecified atom stereocenters. The molecule has 104 valence electrons. The average molecular weight is 285 g/mol. The SMILES string of the molecule is CCCS(=O)(=O)c1ccccc1C(=O)NCC(=O)O. The molecule has 0 aliphatic heterocycles. The largest absolute Gasteiger partial charge is 0.480 e. The molecule has 0 saturated carbocycles. The monoisotopic (exact) mass is 285 g/mol. The van der Waals surface area contributed by atoms with Crippen LogP contribution in [-0.2, 0) is 14.6 Å². The molecule has 6 nitrogen and oxygen atoms in total. The van der Waals surface area contributed by atoms with E-state index in [1.807, 2.05) is 0 Å². The first-order valence-corrected chi connectivity index (χ1v) is 7.35. The Labute approximate surface area is 111 Å². The molecule has 0 aliphatic carbocycles. The molecule has 7 heteroatoms. The second-order valence-corrected chi connectivity index (χ2v) is 5.97. The normalized spacial score (nSPS) is 11.0. The van der Waals surface area contributed by atoms with Gasteiger partial charge in [0.15, 0.2) is 9.84 Å². The quantitative estimate of drug-likeness (QED) is 0.800. The second kappa shape index (κ2) is 6.33. The van der Waals surface area contributed by atoms with Crippen LogP contribution in [0.15, 0.2) is 29.2 Å². The number of carboxylic acid groups (broad SMARTS) is 1. The first-order chi connectivity index (χ1) is 8.88. The van der Waals surface area contributed by atoms with Crippen molar-refractivity contribution in [3.05, 3.63) is 29.8 Å². The Hall–Kier alpha value is -1.89. The van der Waals surface area contributed by atoms with E-state index in [0.29, 0.717) is 6.42 Å². The fraction of sp³-hybridized carbons (Fsp3) is 0.333. The van der Waals surface area contributed by atoms with Gasteiger partial charge in [0.05, 0.1) is 16.2 Å². The van der Waals surface area contributed by atoms with E-state index in [2.05, 4.69) is 5.32 Å². The van der Waals surface area contributed by atoms with Crippen LogP contribution in [0.4, 0.5) is 0 Å². The zero-order valence-electron chi connectivity index (χ0n) is 10.4. The van der Waals surface area contributed by atoms with E-state index in [0.717, 1.165) is 0 Å². The first-order valence-electron chi connectivity index (χ1n) is 5.70. The summed E-state index contributed by atoms with van der Waals surface area (Å²) in [6.45, 7) is 1.17. The van der Waals surface area contributed by atoms with Crippen molar-refractivity contribution < 1.29 is 23.1 Å². The lowest BCUT2D eigenvalue weighted by Crippen LogP contribution is -2.30. The van der Waals surface area contributed by atoms with E-state index < -0.39 is 28.3 Å². The molecule has 0 radical (unpaired) electrons. The topological polar surface area (TPSA) is 101 Å². The van der Waals surface area contributed by atoms with Crippen molar-refractivity contribution in [1.29, 1.82) is 0 Å². The molecule has 0 heterocycles. The van der Waals surface area contributed by atoms with E-state index in [-0.39, 0.29) is 16.2 Å². The minimum Gasteiger partial charge on any atom is -0.480 e. The van der Waals surface area contributed by atoms with Crippen molar-refractivity contribution in [2.45, 2.75) is 18.2 Å². The van der Waals surface area contributed by atoms with E-state index in [1.54, 1.807) is 6.92 Å². The van der Waals surface area contributed by atoms with E-state index >= 15 is 0 Å². The van der Waals surface area contributed by atoms with E-state index in [1.165, 1.54) is 24.3 Å². The number of nitrogens with one attached hydrogen (secondary N) is 1. The van der Waals surface area contributed by atoms with Gasteiger partial charge < -0.3 is 10.4 Å². The summed E-state index contributed by atoms with van der Waals surface area (Å²) in [6.07, 6.45) is 0.438. The van der Waals surface area contributed by atoms with Crippen LogP contribution < -0.4 is 5.32 Å². The Morgan fingerprint density at radius 1 is 1.26 bits per heavy atom. The summed E-state index contributed by atoms with van der Waals surface area (Å²) in [6, 6.07) is 5.76. The van der Waals surface area contributed by atoms with Gasteiger partial charge in [-0.15, -0.1) is 0 Å². The highest BCUT2D eigenvalue weighted by atomic mass is 32.2. The van der Waals surface area contributed by atoms with Crippen LogP contribution in [0, 0.1) is 0 Å². The number of benzene rings is 1. The summed E-state index contributed by atoms with van der Waals surface area (Å²) in [4.78, 5) is 22.1. The summed E-state index contributed by atoms with van der Waals surface area (Å²) in [5.74, 6) is -1.96. The lowest BCUT2D eigenvalue weighted by molar-refractivity contribution is -0.135. The molecule has 0 saturated heterocycles. The highest BCUT2D eigenvalue weighted by Crippen LogP contribution is 2.17. The maximum Gasteiger partial charge on any atom is 0.322 e. The smallest absolute Gasteiger partial charge is 0.322 e. The van der Waals surface area contributed by atoms with Gasteiger partial charge in [0.1, 0.15) is 6.54 Å². The number of carbonyl (C=O) groups excluding carboxylic acids is 1. The fourth-order valence-corrected chi connectivity index (χ4v) is 3.09. The summed E-state index contributed by atoms with van der Waals surface area (Å²) in [7, 11) is -3.53. The lowest BCUT2D eigenvalue weighted by Gasteiger charge is -2.09. The third-order valence-corrected chi connectivity index (χ3v) is 4.31. The number of amides is 1. The zero-order valence-corrected chi connectivity index (χ0v) is 11.2. The molecule has 0 atom stereocenters. The zero-order chi connectivity index (χ0) is 14.5. The van der Waals surface area contributed by atoms with Gasteiger partial charge in [0.2, 0.25) is 0 Å². The lowest BCUT2D eigenvalue weighted by atomic mass is 10.2. The minimum atomic E-state index is -3.53. The maximum atomic E-state index is 12.0. The molecule has 0 fully saturated rings. The van der Waals surface area contributed by atoms with Crippen LogP contribution in [0.25, 0.3) is 0 Å². The van der Waals surface area contributed by atoms with E-state index in [9.17, 15) is 18.0 Å². The van der Waals surface area contributed by atoms with Crippen molar-refractivity contribution in [3.63, 3.8) is 0 Å². The number of sulfone groups is 1. The Bertz CT molecular complexity index is 580. The number of aliphatic carboxylic acids is 1. The maximum absolute atomic E-state index is 12.0. The standard InChI is InChI=1S/C12H15NO5S/c1-2-7-19(17,18)10-6-4-3-5-9(10)12(16)13-8-11(14)15/h3-6H,2,7-8H2,1H3,(H,13,16)(H,14,15). The van der Waals surface area contributed by atoms with Gasteiger partial charge in [0.25, 0.3) is 5.91 Å². The van der Waals surface area contributed by atoms with Gasteiger partial charge in [-0.2, -0.15) is 0 Å². The molecule has 2 N–H and O–H groups in total. The Kier molecular flexibility index (Phi) is 5.05. The Balaban J connectivity index is 3.09. The van der Waals surface area contributed by atoms with Crippen molar-refractivity contribution in [2.75, 3.05) is 12.3 Å². The van der Waals surface area contributed by atoms with Crippen LogP contribution in [0.3, 0.4) is 0 Å². The van der Waals surface area contributed by atoms with Gasteiger partial charge in [-0.25, -0.2) is 8.42 Å². The predicted molar refractivity (Wildman–Crippen MR) is 68.8 cm³/mol. The molecule has 0 aromatic heterocycles. The highest BCUT2D eigenvalue weighted by molar-refractivity contribution is 7.91. The predicted octanol–water partition coefficient (Wildman–Crippen LogP) is 0.685. The Morgan fingerprint density at radius 2 is 1.89 bits per heavy atom. The summed E-state index contributed by atoms with van der Waals surface area (Å²) in [5, 5.41) is 10.6. The minimum absolute atomic E-state index is 0.0304. The molecule has 1 aromatic rings. The molecule has 19 heavy (non-hydrogen) atoms. The van der Waals surface area contributed by atoms with Crippen molar-refractivity contribution in [3.8, 4) is 0 Å². The van der Waals surface area contributed by atoms with Gasteiger partial charge in [-0.05, 0) is 18.6 Å². The second-order valence-electron chi connectivity index (χ2n) is 3.89. The summed E-state index contributed by atoms with van der Waals surface area (Å²) < 4.78 is 24.0. The fourth-order valence-electron chi connectivity index (χ4n) is 1.56. The number of hydrogen-bond donors (Lipinski definition) is 2. The molecular formula is C12H15NO5S. The van der Waals surface area contributed by atoms with Crippen LogP contribution in [0.2, 0.25) is 0 Å². The third-order valence-electron chi connectivity index (χ3n) is 2.34. The molecule has 1 aromatic carbocycles. The van der Waals surface area contributed by atoms with Crippen LogP contribution in [-0.4, -0.2) is 37.7 Å². The third kappa shape index (κ3) is 4.06. The number of hydrogen-bond acceptors (Lipinski definition) is 4. The Morgan fingerprint density at radius 3 is 2.47 bits per heavy atom. The molecule has 0 bridgehead atoms. The molecular weight excluding hydrogens is 270 g/mol. The van der Waals surface area contributed by atoms with Crippen LogP contribution >= 0.6 is 0 Å². The van der Waals surface area contributed by atoms with Gasteiger partial charge in [-0.1, -0.05) is 19.1 Å². The number of rotatable bonds is 6. The van der Waals surface area contributed by atoms with Crippen LogP contribution in [0.5, 0.6) is 0 Å². The van der Waals surface area contributed by atoms with Gasteiger partial charge in [0, 0.05) is 0 Å². The van der Waals surface area contributed by atoms with Gasteiger partial charge >= 0.3 is 5.97 Å². The first kappa shape index (κ1) is 15.2. The molecule has 0 spiro atoms. The van der Waals surface area contributed by atoms with Crippen molar-refractivity contribution in [2.24, 2.45) is 0 Å². The van der Waals surface area contributed by atoms with E-state index in [4.69, 9.17) is 5.11 Å². The molecule has 0 aliphatic rings. The number of carbonyl (C=O) groups is 2. The summed E-state index contributed by atoms with van der Waals surface area (Å²) >= 11 is 0.